The summed E-state index contributed by atoms with van der Waals surface area (Å²) in [5.74, 6) is 2.53. The fourth-order valence-corrected chi connectivity index (χ4v) is 2.60. The van der Waals surface area contributed by atoms with E-state index in [4.69, 9.17) is 18.0 Å². The number of benzene rings is 1. The monoisotopic (exact) mass is 329 g/mol. The van der Waals surface area contributed by atoms with Gasteiger partial charge in [0.2, 0.25) is 5.91 Å². The average Bonchev–Trinajstić information content (AvgIpc) is 3.22. The van der Waals surface area contributed by atoms with Crippen LogP contribution in [0.1, 0.15) is 31.4 Å². The van der Waals surface area contributed by atoms with Gasteiger partial charge in [0.15, 0.2) is 5.66 Å². The number of nitrogens with one attached hydrogen (secondary N) is 2. The number of H-pyrrole nitrogens is 1. The summed E-state index contributed by atoms with van der Waals surface area (Å²) in [6.07, 6.45) is 7.53. The van der Waals surface area contributed by atoms with Crippen molar-refractivity contribution in [3.8, 4) is 12.3 Å². The van der Waals surface area contributed by atoms with Gasteiger partial charge < -0.3 is 5.32 Å². The van der Waals surface area contributed by atoms with E-state index in [0.29, 0.717) is 37.3 Å². The van der Waals surface area contributed by atoms with E-state index in [1.807, 2.05) is 12.1 Å². The molecule has 1 aromatic carbocycles. The first-order chi connectivity index (χ1) is 11.1. The smallest absolute Gasteiger partial charge is 0.220 e. The molecule has 1 aliphatic rings. The molecule has 0 spiro atoms. The number of hydrogen-bond acceptors (Lipinski definition) is 4. The van der Waals surface area contributed by atoms with Gasteiger partial charge in [-0.1, -0.05) is 11.6 Å². The number of halogens is 1. The number of carbonyl (C=O) groups is 1. The van der Waals surface area contributed by atoms with Gasteiger partial charge in [0.25, 0.3) is 0 Å². The molecule has 0 bridgehead atoms. The summed E-state index contributed by atoms with van der Waals surface area (Å²) in [5, 5.41) is 19.6. The van der Waals surface area contributed by atoms with Gasteiger partial charge in [-0.2, -0.15) is 15.3 Å². The Bertz CT molecular complexity index is 798. The molecule has 0 aliphatic carbocycles. The predicted octanol–water partition coefficient (Wildman–Crippen LogP) is 3.19. The molecule has 7 heteroatoms. The third kappa shape index (κ3) is 3.69. The second-order valence-corrected chi connectivity index (χ2v) is 5.96. The van der Waals surface area contributed by atoms with Gasteiger partial charge in [-0.3, -0.25) is 9.89 Å². The Balaban J connectivity index is 1.51. The van der Waals surface area contributed by atoms with Crippen LogP contribution in [0.15, 0.2) is 28.4 Å². The van der Waals surface area contributed by atoms with Gasteiger partial charge >= 0.3 is 0 Å². The highest BCUT2D eigenvalue weighted by Crippen LogP contribution is 2.37. The molecule has 1 aromatic heterocycles. The van der Waals surface area contributed by atoms with Crippen molar-refractivity contribution >= 4 is 28.4 Å². The summed E-state index contributed by atoms with van der Waals surface area (Å²) in [4.78, 5) is 12.0. The number of terminal acetylenes is 1. The number of nitrogens with zero attached hydrogens (tertiary/aromatic N) is 3. The molecule has 0 saturated heterocycles. The van der Waals surface area contributed by atoms with Crippen LogP contribution >= 0.6 is 11.6 Å². The lowest BCUT2D eigenvalue weighted by Gasteiger charge is -2.08. The van der Waals surface area contributed by atoms with Crippen molar-refractivity contribution in [2.45, 2.75) is 37.9 Å². The predicted molar refractivity (Wildman–Crippen MR) is 87.8 cm³/mol. The van der Waals surface area contributed by atoms with E-state index in [0.717, 1.165) is 16.6 Å². The molecular formula is C16H16ClN5O. The Morgan fingerprint density at radius 2 is 2.22 bits per heavy atom. The average molecular weight is 330 g/mol. The van der Waals surface area contributed by atoms with Gasteiger partial charge in [0, 0.05) is 36.1 Å². The minimum Gasteiger partial charge on any atom is -0.350 e. The van der Waals surface area contributed by atoms with E-state index in [1.165, 1.54) is 0 Å². The number of carbonyl (C=O) groups excluding carboxylic acids is 1. The topological polar surface area (TPSA) is 82.5 Å². The number of fused-ring (bicyclic) bond motifs is 1. The largest absolute Gasteiger partial charge is 0.350 e. The summed E-state index contributed by atoms with van der Waals surface area (Å²) in [7, 11) is 0. The van der Waals surface area contributed by atoms with Crippen molar-refractivity contribution in [2.75, 3.05) is 0 Å². The first-order valence-corrected chi connectivity index (χ1v) is 7.76. The van der Waals surface area contributed by atoms with E-state index in [1.54, 1.807) is 6.07 Å². The lowest BCUT2D eigenvalue weighted by Crippen LogP contribution is -2.25. The van der Waals surface area contributed by atoms with Gasteiger partial charge in [-0.15, -0.1) is 12.3 Å². The van der Waals surface area contributed by atoms with Crippen LogP contribution in [-0.2, 0) is 11.3 Å². The van der Waals surface area contributed by atoms with Crippen LogP contribution in [0.5, 0.6) is 0 Å². The van der Waals surface area contributed by atoms with Gasteiger partial charge in [-0.05, 0) is 18.2 Å². The van der Waals surface area contributed by atoms with Crippen molar-refractivity contribution in [1.29, 1.82) is 0 Å². The van der Waals surface area contributed by atoms with Crippen LogP contribution in [-0.4, -0.2) is 21.8 Å². The first kappa shape index (κ1) is 15.5. The molecule has 3 rings (SSSR count). The second kappa shape index (κ2) is 6.39. The molecule has 1 amide bonds. The lowest BCUT2D eigenvalue weighted by molar-refractivity contribution is -0.121. The Morgan fingerprint density at radius 1 is 1.39 bits per heavy atom. The molecule has 0 saturated carbocycles. The molecule has 23 heavy (non-hydrogen) atoms. The molecule has 2 aromatic rings. The molecule has 6 nitrogen and oxygen atoms in total. The van der Waals surface area contributed by atoms with Crippen molar-refractivity contribution in [1.82, 2.24) is 15.5 Å². The number of aromatic amines is 1. The number of amides is 1. The summed E-state index contributed by atoms with van der Waals surface area (Å²) in [6, 6.07) is 5.45. The molecule has 2 N–H and O–H groups in total. The number of rotatable bonds is 7. The first-order valence-electron chi connectivity index (χ1n) is 7.39. The fraction of sp³-hybridized carbons (Fsp3) is 0.375. The van der Waals surface area contributed by atoms with E-state index in [9.17, 15) is 4.79 Å². The van der Waals surface area contributed by atoms with Crippen molar-refractivity contribution < 1.29 is 4.79 Å². The van der Waals surface area contributed by atoms with Crippen molar-refractivity contribution in [3.63, 3.8) is 0 Å². The summed E-state index contributed by atoms with van der Waals surface area (Å²) >= 11 is 5.99. The van der Waals surface area contributed by atoms with Crippen molar-refractivity contribution in [2.24, 2.45) is 10.2 Å². The van der Waals surface area contributed by atoms with Crippen LogP contribution in [0.2, 0.25) is 5.02 Å². The van der Waals surface area contributed by atoms with Crippen LogP contribution in [0.3, 0.4) is 0 Å². The highest BCUT2D eigenvalue weighted by molar-refractivity contribution is 6.31. The van der Waals surface area contributed by atoms with Crippen molar-refractivity contribution in [3.05, 3.63) is 28.9 Å². The van der Waals surface area contributed by atoms with Crippen LogP contribution in [0.25, 0.3) is 10.9 Å². The van der Waals surface area contributed by atoms with Gasteiger partial charge in [0.05, 0.1) is 17.8 Å². The molecule has 0 fully saturated rings. The fourth-order valence-electron chi connectivity index (χ4n) is 2.43. The van der Waals surface area contributed by atoms with E-state index in [-0.39, 0.29) is 5.91 Å². The zero-order valence-corrected chi connectivity index (χ0v) is 13.2. The third-order valence-corrected chi connectivity index (χ3v) is 4.10. The van der Waals surface area contributed by atoms with E-state index in [2.05, 4.69) is 31.7 Å². The minimum absolute atomic E-state index is 0.0489. The standard InChI is InChI=1S/C16H16ClN5O/c1-2-3-7-16(21-22-16)8-6-15(23)18-10-14-12-9-11(17)4-5-13(12)19-20-14/h1,4-5,9H,3,6-8,10H2,(H,18,23)(H,19,20). The Morgan fingerprint density at radius 3 is 2.96 bits per heavy atom. The molecule has 1 aliphatic heterocycles. The van der Waals surface area contributed by atoms with E-state index >= 15 is 0 Å². The maximum Gasteiger partial charge on any atom is 0.220 e. The van der Waals surface area contributed by atoms with Gasteiger partial charge in [-0.25, -0.2) is 0 Å². The Kier molecular flexibility index (Phi) is 4.30. The normalized spacial score (nSPS) is 14.6. The molecular weight excluding hydrogens is 314 g/mol. The Hall–Kier alpha value is -2.39. The number of hydrogen-bond donors (Lipinski definition) is 2. The summed E-state index contributed by atoms with van der Waals surface area (Å²) in [6.45, 7) is 0.376. The molecule has 0 radical (unpaired) electrons. The summed E-state index contributed by atoms with van der Waals surface area (Å²) < 4.78 is 0. The van der Waals surface area contributed by atoms with Gasteiger partial charge in [0.1, 0.15) is 0 Å². The zero-order valence-electron chi connectivity index (χ0n) is 12.5. The highest BCUT2D eigenvalue weighted by Gasteiger charge is 2.39. The van der Waals surface area contributed by atoms with E-state index < -0.39 is 5.66 Å². The van der Waals surface area contributed by atoms with Crippen LogP contribution in [0.4, 0.5) is 0 Å². The summed E-state index contributed by atoms with van der Waals surface area (Å²) in [5.41, 5.74) is 1.24. The quantitative estimate of drug-likeness (QED) is 0.765. The second-order valence-electron chi connectivity index (χ2n) is 5.53. The molecule has 0 atom stereocenters. The molecule has 2 heterocycles. The number of aromatic nitrogens is 2. The van der Waals surface area contributed by atoms with Crippen LogP contribution in [0, 0.1) is 12.3 Å². The zero-order chi connectivity index (χ0) is 16.3. The minimum atomic E-state index is -0.419. The highest BCUT2D eigenvalue weighted by atomic mass is 35.5. The third-order valence-electron chi connectivity index (χ3n) is 3.86. The van der Waals surface area contributed by atoms with Crippen LogP contribution < -0.4 is 5.32 Å². The molecule has 118 valence electrons. The Labute approximate surface area is 138 Å². The SMILES string of the molecule is C#CCCC1(CCC(=O)NCc2[nH]nc3ccc(Cl)cc23)N=N1. The molecule has 0 unspecified atom stereocenters. The lowest BCUT2D eigenvalue weighted by atomic mass is 10.0. The maximum atomic E-state index is 12.0. The maximum absolute atomic E-state index is 12.0.